The molecule has 20 heavy (non-hydrogen) atoms. The predicted molar refractivity (Wildman–Crippen MR) is 77.7 cm³/mol. The van der Waals surface area contributed by atoms with Crippen LogP contribution in [0.1, 0.15) is 57.2 Å². The molecule has 3 rings (SSSR count). The Hall–Kier alpha value is -1.91. The van der Waals surface area contributed by atoms with Crippen molar-refractivity contribution in [1.82, 2.24) is 19.5 Å². The van der Waals surface area contributed by atoms with E-state index in [9.17, 15) is 4.79 Å². The summed E-state index contributed by atoms with van der Waals surface area (Å²) in [5.41, 5.74) is 1.73. The molecule has 0 bridgehead atoms. The van der Waals surface area contributed by atoms with E-state index in [0.29, 0.717) is 11.7 Å². The molecule has 0 amide bonds. The number of H-pyrrole nitrogens is 1. The third-order valence-electron chi connectivity index (χ3n) is 4.00. The van der Waals surface area contributed by atoms with E-state index >= 15 is 0 Å². The number of hydrogen-bond donors (Lipinski definition) is 1. The van der Waals surface area contributed by atoms with Crippen LogP contribution in [-0.2, 0) is 0 Å². The number of hydrogen-bond acceptors (Lipinski definition) is 3. The quantitative estimate of drug-likeness (QED) is 0.934. The minimum absolute atomic E-state index is 0.0755. The summed E-state index contributed by atoms with van der Waals surface area (Å²) in [7, 11) is 0. The Morgan fingerprint density at radius 2 is 2.10 bits per heavy atom. The fourth-order valence-corrected chi connectivity index (χ4v) is 2.93. The van der Waals surface area contributed by atoms with Gasteiger partial charge in [-0.2, -0.15) is 0 Å². The average molecular weight is 272 g/mol. The smallest absolute Gasteiger partial charge is 0.251 e. The van der Waals surface area contributed by atoms with E-state index in [1.54, 1.807) is 18.6 Å². The van der Waals surface area contributed by atoms with Crippen molar-refractivity contribution in [2.24, 2.45) is 0 Å². The minimum atomic E-state index is -0.0755. The zero-order valence-corrected chi connectivity index (χ0v) is 12.0. The first-order valence-electron chi connectivity index (χ1n) is 7.28. The van der Waals surface area contributed by atoms with Gasteiger partial charge in [0.2, 0.25) is 0 Å². The number of aromatic amines is 1. The van der Waals surface area contributed by atoms with E-state index in [-0.39, 0.29) is 11.6 Å². The summed E-state index contributed by atoms with van der Waals surface area (Å²) in [6.07, 6.45) is 8.29. The Bertz CT molecular complexity index is 650. The van der Waals surface area contributed by atoms with Gasteiger partial charge in [-0.3, -0.25) is 4.79 Å². The first-order valence-corrected chi connectivity index (χ1v) is 7.28. The molecule has 2 heterocycles. The highest BCUT2D eigenvalue weighted by Gasteiger charge is 2.20. The zero-order chi connectivity index (χ0) is 14.1. The van der Waals surface area contributed by atoms with Crippen LogP contribution in [0.5, 0.6) is 0 Å². The Morgan fingerprint density at radius 3 is 2.80 bits per heavy atom. The molecule has 1 saturated carbocycles. The van der Waals surface area contributed by atoms with Crippen molar-refractivity contribution in [2.75, 3.05) is 0 Å². The van der Waals surface area contributed by atoms with Crippen LogP contribution in [0.15, 0.2) is 23.4 Å². The number of imidazole rings is 1. The van der Waals surface area contributed by atoms with E-state index in [2.05, 4.69) is 28.8 Å². The first kappa shape index (κ1) is 13.1. The first-order chi connectivity index (χ1) is 9.65. The standard InChI is InChI=1S/C15H20N4O/c1-10(2)19-9-16-8-13(19)15-17-12(7-14(20)18-15)11-5-3-4-6-11/h7-11H,3-6H2,1-2H3,(H,17,18,20). The van der Waals surface area contributed by atoms with E-state index in [1.807, 2.05) is 4.57 Å². The lowest BCUT2D eigenvalue weighted by molar-refractivity contribution is 0.602. The van der Waals surface area contributed by atoms with E-state index in [0.717, 1.165) is 24.2 Å². The molecule has 2 aromatic heterocycles. The van der Waals surface area contributed by atoms with Gasteiger partial charge in [0.1, 0.15) is 5.69 Å². The van der Waals surface area contributed by atoms with Crippen LogP contribution in [0.2, 0.25) is 0 Å². The molecule has 0 aromatic carbocycles. The lowest BCUT2D eigenvalue weighted by atomic mass is 10.0. The molecule has 1 N–H and O–H groups in total. The monoisotopic (exact) mass is 272 g/mol. The van der Waals surface area contributed by atoms with Crippen LogP contribution in [0, 0.1) is 0 Å². The summed E-state index contributed by atoms with van der Waals surface area (Å²) >= 11 is 0. The molecule has 106 valence electrons. The van der Waals surface area contributed by atoms with Gasteiger partial charge in [0, 0.05) is 18.0 Å². The molecule has 2 aromatic rings. The second-order valence-electron chi connectivity index (χ2n) is 5.78. The highest BCUT2D eigenvalue weighted by atomic mass is 16.1. The van der Waals surface area contributed by atoms with Gasteiger partial charge < -0.3 is 9.55 Å². The summed E-state index contributed by atoms with van der Waals surface area (Å²) < 4.78 is 2.02. The van der Waals surface area contributed by atoms with Crippen molar-refractivity contribution in [3.8, 4) is 11.5 Å². The van der Waals surface area contributed by atoms with Gasteiger partial charge in [0.25, 0.3) is 5.56 Å². The molecule has 0 saturated heterocycles. The number of aromatic nitrogens is 4. The van der Waals surface area contributed by atoms with Crippen LogP contribution in [0.25, 0.3) is 11.5 Å². The average Bonchev–Trinajstić information content (AvgIpc) is 3.09. The second kappa shape index (κ2) is 5.23. The number of rotatable bonds is 3. The van der Waals surface area contributed by atoms with E-state index in [1.165, 1.54) is 12.8 Å². The second-order valence-corrected chi connectivity index (χ2v) is 5.78. The largest absolute Gasteiger partial charge is 0.326 e. The summed E-state index contributed by atoms with van der Waals surface area (Å²) in [5.74, 6) is 1.07. The van der Waals surface area contributed by atoms with Crippen molar-refractivity contribution in [3.63, 3.8) is 0 Å². The van der Waals surface area contributed by atoms with E-state index < -0.39 is 0 Å². The van der Waals surface area contributed by atoms with Crippen LogP contribution in [-0.4, -0.2) is 19.5 Å². The molecule has 0 aliphatic heterocycles. The SMILES string of the molecule is CC(C)n1cncc1-c1nc(C2CCCC2)cc(=O)[nH]1. The van der Waals surface area contributed by atoms with Crippen molar-refractivity contribution in [1.29, 1.82) is 0 Å². The summed E-state index contributed by atoms with van der Waals surface area (Å²) in [6, 6.07) is 1.93. The lowest BCUT2D eigenvalue weighted by Crippen LogP contribution is -2.14. The molecule has 1 aliphatic rings. The van der Waals surface area contributed by atoms with Gasteiger partial charge in [-0.15, -0.1) is 0 Å². The van der Waals surface area contributed by atoms with Gasteiger partial charge in [-0.1, -0.05) is 12.8 Å². The number of nitrogens with one attached hydrogen (secondary N) is 1. The molecule has 5 nitrogen and oxygen atoms in total. The maximum absolute atomic E-state index is 11.9. The van der Waals surface area contributed by atoms with Gasteiger partial charge in [-0.25, -0.2) is 9.97 Å². The maximum Gasteiger partial charge on any atom is 0.251 e. The lowest BCUT2D eigenvalue weighted by Gasteiger charge is -2.13. The fraction of sp³-hybridized carbons (Fsp3) is 0.533. The van der Waals surface area contributed by atoms with Crippen LogP contribution < -0.4 is 5.56 Å². The fourth-order valence-electron chi connectivity index (χ4n) is 2.93. The van der Waals surface area contributed by atoms with Crippen molar-refractivity contribution < 1.29 is 0 Å². The van der Waals surface area contributed by atoms with Gasteiger partial charge in [0.15, 0.2) is 5.82 Å². The highest BCUT2D eigenvalue weighted by Crippen LogP contribution is 2.33. The van der Waals surface area contributed by atoms with Gasteiger partial charge in [-0.05, 0) is 26.7 Å². The highest BCUT2D eigenvalue weighted by molar-refractivity contribution is 5.48. The van der Waals surface area contributed by atoms with Crippen molar-refractivity contribution >= 4 is 0 Å². The minimum Gasteiger partial charge on any atom is -0.326 e. The Kier molecular flexibility index (Phi) is 3.42. The molecular formula is C15H20N4O. The van der Waals surface area contributed by atoms with Crippen LogP contribution >= 0.6 is 0 Å². The zero-order valence-electron chi connectivity index (χ0n) is 12.0. The summed E-state index contributed by atoms with van der Waals surface area (Å²) in [4.78, 5) is 23.6. The Labute approximate surface area is 118 Å². The Balaban J connectivity index is 2.05. The normalized spacial score (nSPS) is 16.1. The number of nitrogens with zero attached hydrogens (tertiary/aromatic N) is 3. The third kappa shape index (κ3) is 2.40. The molecule has 0 spiro atoms. The van der Waals surface area contributed by atoms with Crippen LogP contribution in [0.4, 0.5) is 0 Å². The summed E-state index contributed by atoms with van der Waals surface area (Å²) in [5, 5.41) is 0. The van der Waals surface area contributed by atoms with Crippen molar-refractivity contribution in [3.05, 3.63) is 34.6 Å². The van der Waals surface area contributed by atoms with E-state index in [4.69, 9.17) is 0 Å². The topological polar surface area (TPSA) is 63.6 Å². The van der Waals surface area contributed by atoms with Crippen LogP contribution in [0.3, 0.4) is 0 Å². The van der Waals surface area contributed by atoms with Gasteiger partial charge in [0.05, 0.1) is 18.2 Å². The van der Waals surface area contributed by atoms with Crippen molar-refractivity contribution in [2.45, 2.75) is 51.5 Å². The molecule has 5 heteroatoms. The predicted octanol–water partition coefficient (Wildman–Crippen LogP) is 2.87. The molecular weight excluding hydrogens is 252 g/mol. The third-order valence-corrected chi connectivity index (χ3v) is 4.00. The molecule has 1 fully saturated rings. The maximum atomic E-state index is 11.9. The van der Waals surface area contributed by atoms with Gasteiger partial charge >= 0.3 is 0 Å². The molecule has 0 radical (unpaired) electrons. The molecule has 0 unspecified atom stereocenters. The molecule has 1 aliphatic carbocycles. The molecule has 0 atom stereocenters. The Morgan fingerprint density at radius 1 is 1.35 bits per heavy atom. The summed E-state index contributed by atoms with van der Waals surface area (Å²) in [6.45, 7) is 4.17.